The fourth-order valence-electron chi connectivity index (χ4n) is 4.40. The quantitative estimate of drug-likeness (QED) is 0.760. The van der Waals surface area contributed by atoms with E-state index >= 15 is 0 Å². The monoisotopic (exact) mass is 377 g/mol. The standard InChI is InChI=1S/C23H23NO4/c25-22(26)13-12-15-6-5-11-21(15)24-23(27)28-14-20-18-9-3-1-7-16(18)17-8-2-4-10-19(17)20/h1-4,7-10,12-13,15,20-21H,5-6,11,14H2,(H,24,27)(H,25,26)/b13-12+/t15-,21-/m0/s1. The molecule has 0 bridgehead atoms. The number of carbonyl (C=O) groups is 2. The smallest absolute Gasteiger partial charge is 0.407 e. The summed E-state index contributed by atoms with van der Waals surface area (Å²) in [5.74, 6) is -0.896. The fraction of sp³-hybridized carbons (Fsp3) is 0.304. The lowest BCUT2D eigenvalue weighted by Crippen LogP contribution is -2.37. The topological polar surface area (TPSA) is 75.6 Å². The molecule has 0 unspecified atom stereocenters. The van der Waals surface area contributed by atoms with Gasteiger partial charge in [0, 0.05) is 18.0 Å². The average Bonchev–Trinajstić information content (AvgIpc) is 3.27. The zero-order valence-electron chi connectivity index (χ0n) is 15.5. The van der Waals surface area contributed by atoms with Crippen molar-refractivity contribution < 1.29 is 19.4 Å². The van der Waals surface area contributed by atoms with Crippen LogP contribution in [0.2, 0.25) is 0 Å². The molecule has 0 heterocycles. The molecular weight excluding hydrogens is 354 g/mol. The Kier molecular flexibility index (Phi) is 5.15. The summed E-state index contributed by atoms with van der Waals surface area (Å²) >= 11 is 0. The fourth-order valence-corrected chi connectivity index (χ4v) is 4.40. The Bertz CT molecular complexity index is 875. The molecule has 1 saturated carbocycles. The number of aliphatic carboxylic acids is 1. The summed E-state index contributed by atoms with van der Waals surface area (Å²) in [5, 5.41) is 11.7. The van der Waals surface area contributed by atoms with Crippen LogP contribution in [-0.4, -0.2) is 29.8 Å². The van der Waals surface area contributed by atoms with E-state index in [0.29, 0.717) is 0 Å². The largest absolute Gasteiger partial charge is 0.478 e. The van der Waals surface area contributed by atoms with Crippen LogP contribution in [0.25, 0.3) is 11.1 Å². The highest BCUT2D eigenvalue weighted by molar-refractivity contribution is 5.80. The first-order valence-electron chi connectivity index (χ1n) is 9.66. The average molecular weight is 377 g/mol. The second-order valence-electron chi connectivity index (χ2n) is 7.37. The maximum Gasteiger partial charge on any atom is 0.407 e. The van der Waals surface area contributed by atoms with E-state index in [1.54, 1.807) is 6.08 Å². The molecule has 2 aliphatic carbocycles. The minimum absolute atomic E-state index is 0.0319. The maximum absolute atomic E-state index is 12.4. The molecule has 2 aromatic rings. The zero-order chi connectivity index (χ0) is 19.5. The lowest BCUT2D eigenvalue weighted by atomic mass is 9.98. The van der Waals surface area contributed by atoms with Crippen LogP contribution in [-0.2, 0) is 9.53 Å². The van der Waals surface area contributed by atoms with Crippen molar-refractivity contribution >= 4 is 12.1 Å². The van der Waals surface area contributed by atoms with E-state index < -0.39 is 12.1 Å². The third-order valence-corrected chi connectivity index (χ3v) is 5.70. The molecule has 0 aromatic heterocycles. The molecule has 2 aromatic carbocycles. The Balaban J connectivity index is 1.41. The van der Waals surface area contributed by atoms with Gasteiger partial charge in [-0.3, -0.25) is 0 Å². The summed E-state index contributed by atoms with van der Waals surface area (Å²) in [6.45, 7) is 0.280. The van der Waals surface area contributed by atoms with Crippen LogP contribution in [0.5, 0.6) is 0 Å². The van der Waals surface area contributed by atoms with Gasteiger partial charge in [-0.15, -0.1) is 0 Å². The van der Waals surface area contributed by atoms with Crippen molar-refractivity contribution in [2.75, 3.05) is 6.61 Å². The number of benzene rings is 2. The van der Waals surface area contributed by atoms with Crippen LogP contribution in [0.15, 0.2) is 60.7 Å². The zero-order valence-corrected chi connectivity index (χ0v) is 15.5. The van der Waals surface area contributed by atoms with Crippen molar-refractivity contribution in [1.29, 1.82) is 0 Å². The number of carboxylic acid groups (broad SMARTS) is 1. The van der Waals surface area contributed by atoms with Crippen molar-refractivity contribution in [1.82, 2.24) is 5.32 Å². The molecule has 1 amide bonds. The molecule has 4 rings (SSSR count). The van der Waals surface area contributed by atoms with Crippen LogP contribution < -0.4 is 5.32 Å². The van der Waals surface area contributed by atoms with Crippen molar-refractivity contribution in [3.05, 3.63) is 71.8 Å². The number of amides is 1. The number of nitrogens with one attached hydrogen (secondary N) is 1. The van der Waals surface area contributed by atoms with Crippen molar-refractivity contribution in [3.8, 4) is 11.1 Å². The van der Waals surface area contributed by atoms with Crippen molar-refractivity contribution in [2.45, 2.75) is 31.2 Å². The number of alkyl carbamates (subject to hydrolysis) is 1. The Labute approximate surface area is 164 Å². The number of carbonyl (C=O) groups excluding carboxylic acids is 1. The van der Waals surface area contributed by atoms with Gasteiger partial charge in [0.2, 0.25) is 0 Å². The highest BCUT2D eigenvalue weighted by Crippen LogP contribution is 2.44. The minimum Gasteiger partial charge on any atom is -0.478 e. The summed E-state index contributed by atoms with van der Waals surface area (Å²) in [5.41, 5.74) is 4.75. The van der Waals surface area contributed by atoms with Gasteiger partial charge in [-0.2, -0.15) is 0 Å². The van der Waals surface area contributed by atoms with Gasteiger partial charge >= 0.3 is 12.1 Å². The van der Waals surface area contributed by atoms with Crippen LogP contribution in [0.3, 0.4) is 0 Å². The Hall–Kier alpha value is -3.08. The van der Waals surface area contributed by atoms with Gasteiger partial charge < -0.3 is 15.2 Å². The van der Waals surface area contributed by atoms with E-state index in [1.165, 1.54) is 22.3 Å². The predicted molar refractivity (Wildman–Crippen MR) is 106 cm³/mol. The number of ether oxygens (including phenoxy) is 1. The second kappa shape index (κ2) is 7.89. The first-order valence-corrected chi connectivity index (χ1v) is 9.66. The number of hydrogen-bond acceptors (Lipinski definition) is 3. The molecule has 1 fully saturated rings. The van der Waals surface area contributed by atoms with E-state index in [0.717, 1.165) is 25.3 Å². The van der Waals surface area contributed by atoms with Gasteiger partial charge in [0.25, 0.3) is 0 Å². The van der Waals surface area contributed by atoms with E-state index in [2.05, 4.69) is 29.6 Å². The number of carboxylic acids is 1. The van der Waals surface area contributed by atoms with Gasteiger partial charge in [0.05, 0.1) is 0 Å². The van der Waals surface area contributed by atoms with Crippen LogP contribution in [0.4, 0.5) is 4.79 Å². The normalized spacial score (nSPS) is 20.7. The van der Waals surface area contributed by atoms with E-state index in [1.807, 2.05) is 24.3 Å². The van der Waals surface area contributed by atoms with E-state index in [9.17, 15) is 9.59 Å². The van der Waals surface area contributed by atoms with E-state index in [-0.39, 0.29) is 24.5 Å². The van der Waals surface area contributed by atoms with E-state index in [4.69, 9.17) is 9.84 Å². The first-order chi connectivity index (χ1) is 13.6. The van der Waals surface area contributed by atoms with Gasteiger partial charge in [-0.25, -0.2) is 9.59 Å². The Morgan fingerprint density at radius 1 is 1.04 bits per heavy atom. The molecule has 0 radical (unpaired) electrons. The van der Waals surface area contributed by atoms with Crippen LogP contribution in [0, 0.1) is 5.92 Å². The first kappa shape index (κ1) is 18.3. The number of hydrogen-bond donors (Lipinski definition) is 2. The SMILES string of the molecule is O=C(O)/C=C/[C@@H]1CCC[C@@H]1NC(=O)OCC1c2ccccc2-c2ccccc21. The van der Waals surface area contributed by atoms with Crippen molar-refractivity contribution in [2.24, 2.45) is 5.92 Å². The highest BCUT2D eigenvalue weighted by Gasteiger charge is 2.30. The second-order valence-corrected chi connectivity index (χ2v) is 7.37. The molecule has 2 N–H and O–H groups in total. The molecule has 2 atom stereocenters. The Morgan fingerprint density at radius 2 is 1.68 bits per heavy atom. The molecule has 0 spiro atoms. The molecule has 2 aliphatic rings. The molecule has 5 nitrogen and oxygen atoms in total. The third-order valence-electron chi connectivity index (χ3n) is 5.70. The summed E-state index contributed by atoms with van der Waals surface area (Å²) in [6, 6.07) is 16.4. The minimum atomic E-state index is -0.966. The van der Waals surface area contributed by atoms with Crippen LogP contribution >= 0.6 is 0 Å². The summed E-state index contributed by atoms with van der Waals surface area (Å²) < 4.78 is 5.59. The van der Waals surface area contributed by atoms with Crippen molar-refractivity contribution in [3.63, 3.8) is 0 Å². The van der Waals surface area contributed by atoms with Gasteiger partial charge in [0.1, 0.15) is 6.61 Å². The molecule has 0 saturated heterocycles. The molecule has 0 aliphatic heterocycles. The third kappa shape index (κ3) is 3.65. The molecule has 28 heavy (non-hydrogen) atoms. The summed E-state index contributed by atoms with van der Waals surface area (Å²) in [4.78, 5) is 23.1. The maximum atomic E-state index is 12.4. The molecular formula is C23H23NO4. The van der Waals surface area contributed by atoms with Gasteiger partial charge in [-0.1, -0.05) is 61.0 Å². The molecule has 144 valence electrons. The predicted octanol–water partition coefficient (Wildman–Crippen LogP) is 4.33. The summed E-state index contributed by atoms with van der Waals surface area (Å²) in [6.07, 6.45) is 5.05. The lowest BCUT2D eigenvalue weighted by molar-refractivity contribution is -0.131. The Morgan fingerprint density at radius 3 is 2.32 bits per heavy atom. The van der Waals surface area contributed by atoms with Gasteiger partial charge in [-0.05, 0) is 41.0 Å². The summed E-state index contributed by atoms with van der Waals surface area (Å²) in [7, 11) is 0. The lowest BCUT2D eigenvalue weighted by Gasteiger charge is -2.19. The highest BCUT2D eigenvalue weighted by atomic mass is 16.5. The number of rotatable bonds is 5. The molecule has 5 heteroatoms. The number of fused-ring (bicyclic) bond motifs is 3. The van der Waals surface area contributed by atoms with Gasteiger partial charge in [0.15, 0.2) is 0 Å². The van der Waals surface area contributed by atoms with Crippen LogP contribution in [0.1, 0.15) is 36.3 Å².